The van der Waals surface area contributed by atoms with Crippen molar-refractivity contribution in [3.8, 4) is 11.5 Å². The molecular weight excluding hydrogens is 426 g/mol. The van der Waals surface area contributed by atoms with Crippen LogP contribution >= 0.6 is 0 Å². The van der Waals surface area contributed by atoms with Gasteiger partial charge in [0.05, 0.1) is 26.0 Å². The SMILES string of the molecule is COc1ccc(C(=O)N2CCN(C(=O)C3CCN(C(=O)c4ccco4)CC3)CC2)c(OC)c1. The minimum atomic E-state index is -0.132. The Bertz CT molecular complexity index is 990. The van der Waals surface area contributed by atoms with Gasteiger partial charge in [-0.1, -0.05) is 0 Å². The number of ether oxygens (including phenoxy) is 2. The number of nitrogens with zero attached hydrogens (tertiary/aromatic N) is 3. The average molecular weight is 456 g/mol. The number of piperidine rings is 1. The van der Waals surface area contributed by atoms with E-state index in [0.29, 0.717) is 74.9 Å². The van der Waals surface area contributed by atoms with Gasteiger partial charge in [-0.2, -0.15) is 0 Å². The van der Waals surface area contributed by atoms with Gasteiger partial charge in [0, 0.05) is 51.3 Å². The van der Waals surface area contributed by atoms with Crippen LogP contribution < -0.4 is 9.47 Å². The molecule has 0 N–H and O–H groups in total. The second-order valence-corrected chi connectivity index (χ2v) is 8.23. The van der Waals surface area contributed by atoms with E-state index in [1.54, 1.807) is 47.2 Å². The largest absolute Gasteiger partial charge is 0.497 e. The van der Waals surface area contributed by atoms with E-state index in [9.17, 15) is 14.4 Å². The van der Waals surface area contributed by atoms with Gasteiger partial charge in [-0.05, 0) is 37.1 Å². The van der Waals surface area contributed by atoms with Crippen molar-refractivity contribution in [2.75, 3.05) is 53.5 Å². The van der Waals surface area contributed by atoms with E-state index in [1.165, 1.54) is 13.4 Å². The van der Waals surface area contributed by atoms with E-state index in [1.807, 2.05) is 4.90 Å². The van der Waals surface area contributed by atoms with E-state index in [-0.39, 0.29) is 23.6 Å². The third-order valence-corrected chi connectivity index (χ3v) is 6.38. The van der Waals surface area contributed by atoms with E-state index >= 15 is 0 Å². The molecule has 0 aliphatic carbocycles. The Morgan fingerprint density at radius 3 is 2.12 bits per heavy atom. The number of rotatable bonds is 5. The van der Waals surface area contributed by atoms with Crippen molar-refractivity contribution in [1.82, 2.24) is 14.7 Å². The number of piperazine rings is 1. The molecule has 0 bridgehead atoms. The van der Waals surface area contributed by atoms with Crippen molar-refractivity contribution in [3.05, 3.63) is 47.9 Å². The van der Waals surface area contributed by atoms with Gasteiger partial charge in [-0.3, -0.25) is 14.4 Å². The molecule has 0 spiro atoms. The van der Waals surface area contributed by atoms with Gasteiger partial charge < -0.3 is 28.6 Å². The molecule has 2 fully saturated rings. The fraction of sp³-hybridized carbons (Fsp3) is 0.458. The zero-order chi connectivity index (χ0) is 23.4. The molecule has 0 radical (unpaired) electrons. The summed E-state index contributed by atoms with van der Waals surface area (Å²) in [7, 11) is 3.09. The van der Waals surface area contributed by atoms with Crippen molar-refractivity contribution in [2.24, 2.45) is 5.92 Å². The van der Waals surface area contributed by atoms with Crippen LogP contribution in [0.25, 0.3) is 0 Å². The molecule has 0 saturated carbocycles. The lowest BCUT2D eigenvalue weighted by Crippen LogP contribution is -2.53. The molecule has 3 heterocycles. The van der Waals surface area contributed by atoms with Crippen LogP contribution in [0.5, 0.6) is 11.5 Å². The topological polar surface area (TPSA) is 92.5 Å². The molecule has 3 amide bonds. The Kier molecular flexibility index (Phi) is 6.86. The molecule has 4 rings (SSSR count). The van der Waals surface area contributed by atoms with Crippen LogP contribution in [0.2, 0.25) is 0 Å². The van der Waals surface area contributed by atoms with Gasteiger partial charge in [-0.25, -0.2) is 0 Å². The average Bonchev–Trinajstić information content (AvgIpc) is 3.42. The van der Waals surface area contributed by atoms with Gasteiger partial charge in [0.2, 0.25) is 5.91 Å². The summed E-state index contributed by atoms with van der Waals surface area (Å²) in [6.45, 7) is 2.99. The fourth-order valence-electron chi connectivity index (χ4n) is 4.42. The second-order valence-electron chi connectivity index (χ2n) is 8.23. The highest BCUT2D eigenvalue weighted by Gasteiger charge is 2.33. The van der Waals surface area contributed by atoms with Crippen molar-refractivity contribution >= 4 is 17.7 Å². The van der Waals surface area contributed by atoms with Gasteiger partial charge in [-0.15, -0.1) is 0 Å². The number of hydrogen-bond acceptors (Lipinski definition) is 6. The third kappa shape index (κ3) is 4.81. The number of methoxy groups -OCH3 is 2. The number of amides is 3. The molecule has 2 aromatic rings. The highest BCUT2D eigenvalue weighted by Crippen LogP contribution is 2.27. The molecule has 9 heteroatoms. The molecule has 2 aliphatic rings. The standard InChI is InChI=1S/C24H29N3O6/c1-31-18-5-6-19(21(16-18)32-2)23(29)27-13-11-26(12-14-27)22(28)17-7-9-25(10-8-17)24(30)20-4-3-15-33-20/h3-6,15-17H,7-14H2,1-2H3. The predicted molar refractivity (Wildman–Crippen MR) is 119 cm³/mol. The van der Waals surface area contributed by atoms with Crippen molar-refractivity contribution in [3.63, 3.8) is 0 Å². The molecule has 176 valence electrons. The Balaban J connectivity index is 1.29. The molecule has 1 aromatic heterocycles. The summed E-state index contributed by atoms with van der Waals surface area (Å²) in [5.41, 5.74) is 0.478. The molecule has 33 heavy (non-hydrogen) atoms. The summed E-state index contributed by atoms with van der Waals surface area (Å²) in [5, 5.41) is 0. The molecule has 2 saturated heterocycles. The van der Waals surface area contributed by atoms with Crippen LogP contribution in [-0.4, -0.2) is 85.9 Å². The molecule has 9 nitrogen and oxygen atoms in total. The zero-order valence-corrected chi connectivity index (χ0v) is 19.0. The normalized spacial score (nSPS) is 17.1. The highest BCUT2D eigenvalue weighted by atomic mass is 16.5. The van der Waals surface area contributed by atoms with Crippen LogP contribution in [0, 0.1) is 5.92 Å². The monoisotopic (exact) mass is 455 g/mol. The highest BCUT2D eigenvalue weighted by molar-refractivity contribution is 5.97. The summed E-state index contributed by atoms with van der Waals surface area (Å²) in [4.78, 5) is 43.8. The number of likely N-dealkylation sites (tertiary alicyclic amines) is 1. The minimum Gasteiger partial charge on any atom is -0.497 e. The first-order valence-corrected chi connectivity index (χ1v) is 11.1. The van der Waals surface area contributed by atoms with E-state index in [2.05, 4.69) is 0 Å². The lowest BCUT2D eigenvalue weighted by molar-refractivity contribution is -0.138. The molecule has 1 aromatic carbocycles. The number of carbonyl (C=O) groups is 3. The van der Waals surface area contributed by atoms with Crippen molar-refractivity contribution in [2.45, 2.75) is 12.8 Å². The first-order valence-electron chi connectivity index (χ1n) is 11.1. The summed E-state index contributed by atoms with van der Waals surface area (Å²) < 4.78 is 15.8. The van der Waals surface area contributed by atoms with Gasteiger partial charge in [0.25, 0.3) is 11.8 Å². The molecule has 0 unspecified atom stereocenters. The van der Waals surface area contributed by atoms with E-state index < -0.39 is 0 Å². The number of furan rings is 1. The minimum absolute atomic E-state index is 0.102. The van der Waals surface area contributed by atoms with Crippen LogP contribution in [0.3, 0.4) is 0 Å². The maximum Gasteiger partial charge on any atom is 0.289 e. The van der Waals surface area contributed by atoms with Crippen LogP contribution in [-0.2, 0) is 4.79 Å². The Labute approximate surface area is 192 Å². The Morgan fingerprint density at radius 1 is 0.848 bits per heavy atom. The van der Waals surface area contributed by atoms with Crippen LogP contribution in [0.1, 0.15) is 33.8 Å². The zero-order valence-electron chi connectivity index (χ0n) is 19.0. The first kappa shape index (κ1) is 22.7. The maximum atomic E-state index is 13.0. The second kappa shape index (κ2) is 9.97. The number of benzene rings is 1. The van der Waals surface area contributed by atoms with Gasteiger partial charge >= 0.3 is 0 Å². The van der Waals surface area contributed by atoms with E-state index in [4.69, 9.17) is 13.9 Å². The van der Waals surface area contributed by atoms with Crippen molar-refractivity contribution in [1.29, 1.82) is 0 Å². The predicted octanol–water partition coefficient (Wildman–Crippen LogP) is 2.13. The molecule has 2 aliphatic heterocycles. The number of hydrogen-bond donors (Lipinski definition) is 0. The van der Waals surface area contributed by atoms with Crippen LogP contribution in [0.4, 0.5) is 0 Å². The lowest BCUT2D eigenvalue weighted by Gasteiger charge is -2.38. The lowest BCUT2D eigenvalue weighted by atomic mass is 9.94. The van der Waals surface area contributed by atoms with E-state index in [0.717, 1.165) is 0 Å². The third-order valence-electron chi connectivity index (χ3n) is 6.38. The maximum absolute atomic E-state index is 13.0. The summed E-state index contributed by atoms with van der Waals surface area (Å²) in [6.07, 6.45) is 2.75. The van der Waals surface area contributed by atoms with Crippen LogP contribution in [0.15, 0.2) is 41.0 Å². The summed E-state index contributed by atoms with van der Waals surface area (Å²) in [5.74, 6) is 1.17. The smallest absolute Gasteiger partial charge is 0.289 e. The molecule has 0 atom stereocenters. The Hall–Kier alpha value is -3.49. The summed E-state index contributed by atoms with van der Waals surface area (Å²) in [6, 6.07) is 8.48. The van der Waals surface area contributed by atoms with Crippen molar-refractivity contribution < 1.29 is 28.3 Å². The molecular formula is C24H29N3O6. The fourth-order valence-corrected chi connectivity index (χ4v) is 4.42. The van der Waals surface area contributed by atoms with Gasteiger partial charge in [0.15, 0.2) is 5.76 Å². The summed E-state index contributed by atoms with van der Waals surface area (Å²) >= 11 is 0. The Morgan fingerprint density at radius 2 is 1.52 bits per heavy atom. The first-order chi connectivity index (χ1) is 16.0. The number of carbonyl (C=O) groups excluding carboxylic acids is 3. The van der Waals surface area contributed by atoms with Gasteiger partial charge in [0.1, 0.15) is 11.5 Å². The quantitative estimate of drug-likeness (QED) is 0.686.